The second-order valence-electron chi connectivity index (χ2n) is 7.62. The number of anilines is 1. The number of pyridine rings is 1. The summed E-state index contributed by atoms with van der Waals surface area (Å²) in [6.07, 6.45) is 6.48. The molecule has 3 rings (SSSR count). The number of benzene rings is 1. The van der Waals surface area contributed by atoms with Crippen molar-refractivity contribution in [2.75, 3.05) is 19.5 Å². The standard InChI is InChI=1S/C22H29N3O4S2/c1-16(22(26)24-17-9-11-19(29-3)12-10-17)30-21-14-13-20(15-23-21)31(27,28)25(2)18-7-5-4-6-8-18/h9-16,18H,4-8H2,1-3H3,(H,24,26). The van der Waals surface area contributed by atoms with Crippen LogP contribution in [0.5, 0.6) is 5.75 Å². The van der Waals surface area contributed by atoms with Crippen LogP contribution in [0.4, 0.5) is 5.69 Å². The molecule has 1 amide bonds. The fraction of sp³-hybridized carbons (Fsp3) is 0.455. The number of nitrogens with zero attached hydrogens (tertiary/aromatic N) is 2. The van der Waals surface area contributed by atoms with Crippen LogP contribution in [0.3, 0.4) is 0 Å². The maximum atomic E-state index is 12.9. The summed E-state index contributed by atoms with van der Waals surface area (Å²) in [7, 11) is -0.335. The third-order valence-electron chi connectivity index (χ3n) is 5.50. The van der Waals surface area contributed by atoms with Crippen molar-refractivity contribution in [1.82, 2.24) is 9.29 Å². The van der Waals surface area contributed by atoms with Gasteiger partial charge in [0, 0.05) is 25.0 Å². The highest BCUT2D eigenvalue weighted by Crippen LogP contribution is 2.28. The first kappa shape index (κ1) is 23.6. The summed E-state index contributed by atoms with van der Waals surface area (Å²) in [5, 5.41) is 3.05. The van der Waals surface area contributed by atoms with E-state index in [2.05, 4.69) is 10.3 Å². The van der Waals surface area contributed by atoms with Gasteiger partial charge < -0.3 is 10.1 Å². The average Bonchev–Trinajstić information content (AvgIpc) is 2.80. The van der Waals surface area contributed by atoms with Crippen molar-refractivity contribution < 1.29 is 17.9 Å². The predicted molar refractivity (Wildman–Crippen MR) is 123 cm³/mol. The van der Waals surface area contributed by atoms with Gasteiger partial charge in [-0.2, -0.15) is 4.31 Å². The summed E-state index contributed by atoms with van der Waals surface area (Å²) >= 11 is 1.28. The van der Waals surface area contributed by atoms with Crippen LogP contribution in [0.2, 0.25) is 0 Å². The zero-order valence-electron chi connectivity index (χ0n) is 18.1. The fourth-order valence-electron chi connectivity index (χ4n) is 3.55. The predicted octanol–water partition coefficient (Wildman–Crippen LogP) is 4.16. The second-order valence-corrected chi connectivity index (χ2v) is 11.0. The monoisotopic (exact) mass is 463 g/mol. The molecule has 1 atom stereocenters. The lowest BCUT2D eigenvalue weighted by molar-refractivity contribution is -0.115. The van der Waals surface area contributed by atoms with E-state index >= 15 is 0 Å². The summed E-state index contributed by atoms with van der Waals surface area (Å²) < 4.78 is 32.5. The number of methoxy groups -OCH3 is 1. The molecule has 1 fully saturated rings. The maximum Gasteiger partial charge on any atom is 0.244 e. The molecule has 2 aromatic rings. The molecule has 7 nitrogen and oxygen atoms in total. The Hall–Kier alpha value is -2.10. The number of sulfonamides is 1. The molecule has 1 aliphatic carbocycles. The molecule has 9 heteroatoms. The Labute approximate surface area is 188 Å². The lowest BCUT2D eigenvalue weighted by atomic mass is 9.96. The van der Waals surface area contributed by atoms with Gasteiger partial charge >= 0.3 is 0 Å². The number of hydrogen-bond acceptors (Lipinski definition) is 6. The Morgan fingerprint density at radius 2 is 1.84 bits per heavy atom. The van der Waals surface area contributed by atoms with Gasteiger partial charge in [-0.05, 0) is 56.2 Å². The van der Waals surface area contributed by atoms with Gasteiger partial charge in [-0.1, -0.05) is 31.0 Å². The van der Waals surface area contributed by atoms with E-state index in [1.807, 2.05) is 0 Å². The molecule has 0 radical (unpaired) electrons. The zero-order chi connectivity index (χ0) is 22.4. The SMILES string of the molecule is COc1ccc(NC(=O)C(C)Sc2ccc(S(=O)(=O)N(C)C3CCCCC3)cn2)cc1. The van der Waals surface area contributed by atoms with Crippen molar-refractivity contribution in [2.24, 2.45) is 0 Å². The molecule has 1 aromatic carbocycles. The highest BCUT2D eigenvalue weighted by molar-refractivity contribution is 8.00. The Kier molecular flexibility index (Phi) is 7.96. The quantitative estimate of drug-likeness (QED) is 0.591. The van der Waals surface area contributed by atoms with Crippen LogP contribution in [0, 0.1) is 0 Å². The lowest BCUT2D eigenvalue weighted by Gasteiger charge is -2.30. The zero-order valence-corrected chi connectivity index (χ0v) is 19.7. The normalized spacial score (nSPS) is 16.1. The molecule has 0 bridgehead atoms. The second kappa shape index (κ2) is 10.5. The van der Waals surface area contributed by atoms with Crippen molar-refractivity contribution in [1.29, 1.82) is 0 Å². The molecule has 168 valence electrons. The Bertz CT molecular complexity index is 973. The Morgan fingerprint density at radius 3 is 2.42 bits per heavy atom. The van der Waals surface area contributed by atoms with Crippen LogP contribution in [-0.2, 0) is 14.8 Å². The lowest BCUT2D eigenvalue weighted by Crippen LogP contribution is -2.38. The number of rotatable bonds is 8. The molecule has 31 heavy (non-hydrogen) atoms. The van der Waals surface area contributed by atoms with Crippen LogP contribution in [0.15, 0.2) is 52.5 Å². The number of carbonyl (C=O) groups excluding carboxylic acids is 1. The topological polar surface area (TPSA) is 88.6 Å². The van der Waals surface area contributed by atoms with Crippen LogP contribution < -0.4 is 10.1 Å². The molecular formula is C22H29N3O4S2. The average molecular weight is 464 g/mol. The summed E-state index contributed by atoms with van der Waals surface area (Å²) in [4.78, 5) is 16.9. The number of nitrogens with one attached hydrogen (secondary N) is 1. The van der Waals surface area contributed by atoms with E-state index in [0.717, 1.165) is 25.7 Å². The van der Waals surface area contributed by atoms with E-state index < -0.39 is 15.3 Å². The molecule has 1 saturated carbocycles. The van der Waals surface area contributed by atoms with E-state index in [0.29, 0.717) is 16.5 Å². The molecule has 1 aliphatic rings. The summed E-state index contributed by atoms with van der Waals surface area (Å²) in [6.45, 7) is 1.78. The van der Waals surface area contributed by atoms with E-state index in [-0.39, 0.29) is 16.8 Å². The number of ether oxygens (including phenoxy) is 1. The molecular weight excluding hydrogens is 434 g/mol. The first-order valence-electron chi connectivity index (χ1n) is 10.4. The minimum atomic E-state index is -3.57. The van der Waals surface area contributed by atoms with Gasteiger partial charge in [-0.15, -0.1) is 0 Å². The van der Waals surface area contributed by atoms with Crippen molar-refractivity contribution in [3.8, 4) is 5.75 Å². The third-order valence-corrected chi connectivity index (χ3v) is 8.44. The van der Waals surface area contributed by atoms with Crippen molar-refractivity contribution in [2.45, 2.75) is 60.2 Å². The fourth-order valence-corrected chi connectivity index (χ4v) is 5.70. The highest BCUT2D eigenvalue weighted by Gasteiger charge is 2.29. The largest absolute Gasteiger partial charge is 0.497 e. The van der Waals surface area contributed by atoms with Crippen LogP contribution in [0.25, 0.3) is 0 Å². The van der Waals surface area contributed by atoms with Gasteiger partial charge in [0.15, 0.2) is 0 Å². The summed E-state index contributed by atoms with van der Waals surface area (Å²) in [5.74, 6) is 0.555. The number of aromatic nitrogens is 1. The Morgan fingerprint density at radius 1 is 1.16 bits per heavy atom. The minimum Gasteiger partial charge on any atom is -0.497 e. The number of amides is 1. The van der Waals surface area contributed by atoms with Gasteiger partial charge in [-0.3, -0.25) is 4.79 Å². The smallest absolute Gasteiger partial charge is 0.244 e. The van der Waals surface area contributed by atoms with Gasteiger partial charge in [0.1, 0.15) is 10.6 Å². The third kappa shape index (κ3) is 5.99. The van der Waals surface area contributed by atoms with Gasteiger partial charge in [0.2, 0.25) is 15.9 Å². The molecule has 1 heterocycles. The first-order chi connectivity index (χ1) is 14.8. The molecule has 0 aliphatic heterocycles. The molecule has 1 unspecified atom stereocenters. The molecule has 0 spiro atoms. The van der Waals surface area contributed by atoms with Crippen molar-refractivity contribution in [3.63, 3.8) is 0 Å². The van der Waals surface area contributed by atoms with Gasteiger partial charge in [0.05, 0.1) is 17.4 Å². The van der Waals surface area contributed by atoms with Gasteiger partial charge in [0.25, 0.3) is 0 Å². The molecule has 1 N–H and O–H groups in total. The summed E-state index contributed by atoms with van der Waals surface area (Å²) in [5.41, 5.74) is 0.679. The summed E-state index contributed by atoms with van der Waals surface area (Å²) in [6, 6.07) is 10.4. The van der Waals surface area contributed by atoms with E-state index in [1.54, 1.807) is 57.5 Å². The maximum absolute atomic E-state index is 12.9. The number of carbonyl (C=O) groups is 1. The van der Waals surface area contributed by atoms with Crippen LogP contribution in [0.1, 0.15) is 39.0 Å². The molecule has 1 aromatic heterocycles. The highest BCUT2D eigenvalue weighted by atomic mass is 32.2. The van der Waals surface area contributed by atoms with Crippen molar-refractivity contribution >= 4 is 33.4 Å². The van der Waals surface area contributed by atoms with E-state index in [9.17, 15) is 13.2 Å². The number of hydrogen-bond donors (Lipinski definition) is 1. The molecule has 0 saturated heterocycles. The Balaban J connectivity index is 1.60. The first-order valence-corrected chi connectivity index (χ1v) is 12.7. The minimum absolute atomic E-state index is 0.0504. The van der Waals surface area contributed by atoms with Gasteiger partial charge in [-0.25, -0.2) is 13.4 Å². The van der Waals surface area contributed by atoms with E-state index in [4.69, 9.17) is 4.74 Å². The van der Waals surface area contributed by atoms with Crippen LogP contribution in [-0.4, -0.2) is 49.1 Å². The van der Waals surface area contributed by atoms with Crippen molar-refractivity contribution in [3.05, 3.63) is 42.6 Å². The number of thioether (sulfide) groups is 1. The van der Waals surface area contributed by atoms with E-state index in [1.165, 1.54) is 28.7 Å². The van der Waals surface area contributed by atoms with Crippen LogP contribution >= 0.6 is 11.8 Å².